The molecule has 2 rings (SSSR count). The van der Waals surface area contributed by atoms with Gasteiger partial charge in [-0.2, -0.15) is 0 Å². The highest BCUT2D eigenvalue weighted by molar-refractivity contribution is 14.1. The number of thiocarbonyl (C=S) groups is 1. The fraction of sp³-hybridized carbons (Fsp3) is 0.450. The first kappa shape index (κ1) is 22.8. The molecule has 0 saturated carbocycles. The second kappa shape index (κ2) is 9.80. The zero-order valence-electron chi connectivity index (χ0n) is 17.0. The molecule has 1 heterocycles. The normalized spacial score (nSPS) is 13.3. The molecule has 8 heteroatoms. The Hall–Kier alpha value is -1.52. The van der Waals surface area contributed by atoms with E-state index >= 15 is 0 Å². The summed E-state index contributed by atoms with van der Waals surface area (Å²) in [6, 6.07) is 6.06. The maximum atomic E-state index is 6.11. The smallest absolute Gasteiger partial charge is 0.146 e. The minimum atomic E-state index is -0.542. The molecule has 0 saturated heterocycles. The summed E-state index contributed by atoms with van der Waals surface area (Å²) in [6.07, 6.45) is 1.53. The van der Waals surface area contributed by atoms with Crippen molar-refractivity contribution in [2.45, 2.75) is 39.3 Å². The third-order valence-electron chi connectivity index (χ3n) is 4.24. The highest BCUT2D eigenvalue weighted by atomic mass is 127. The van der Waals surface area contributed by atoms with E-state index in [4.69, 9.17) is 26.5 Å². The van der Waals surface area contributed by atoms with Gasteiger partial charge >= 0.3 is 0 Å². The topological polar surface area (TPSA) is 65.0 Å². The SMILES string of the molecule is COCC(=NOC)C(C)(C)NC(=S)C(C)Oc1cc(C)c2ncc(I)cc2c1. The summed E-state index contributed by atoms with van der Waals surface area (Å²) >= 11 is 7.83. The van der Waals surface area contributed by atoms with Crippen LogP contribution in [0.25, 0.3) is 10.9 Å². The van der Waals surface area contributed by atoms with Gasteiger partial charge in [-0.15, -0.1) is 0 Å². The first-order chi connectivity index (χ1) is 13.2. The molecular weight excluding hydrogens is 489 g/mol. The molecule has 1 aromatic carbocycles. The fourth-order valence-corrected chi connectivity index (χ4v) is 3.52. The summed E-state index contributed by atoms with van der Waals surface area (Å²) in [5.74, 6) is 0.755. The van der Waals surface area contributed by atoms with Gasteiger partial charge in [0.25, 0.3) is 0 Å². The van der Waals surface area contributed by atoms with E-state index in [0.717, 1.165) is 25.8 Å². The Morgan fingerprint density at radius 3 is 2.68 bits per heavy atom. The molecule has 152 valence electrons. The Balaban J connectivity index is 2.15. The van der Waals surface area contributed by atoms with E-state index in [1.165, 1.54) is 7.11 Å². The third-order valence-corrected chi connectivity index (χ3v) is 5.26. The van der Waals surface area contributed by atoms with Gasteiger partial charge in [-0.3, -0.25) is 4.98 Å². The first-order valence-electron chi connectivity index (χ1n) is 8.82. The predicted molar refractivity (Wildman–Crippen MR) is 125 cm³/mol. The maximum absolute atomic E-state index is 6.11. The maximum Gasteiger partial charge on any atom is 0.146 e. The summed E-state index contributed by atoms with van der Waals surface area (Å²) in [5.41, 5.74) is 2.20. The second-order valence-electron chi connectivity index (χ2n) is 6.99. The lowest BCUT2D eigenvalue weighted by atomic mass is 9.98. The van der Waals surface area contributed by atoms with E-state index in [1.54, 1.807) is 7.11 Å². The number of aromatic nitrogens is 1. The van der Waals surface area contributed by atoms with Gasteiger partial charge in [-0.05, 0) is 74.0 Å². The molecule has 0 spiro atoms. The van der Waals surface area contributed by atoms with Gasteiger partial charge in [0.15, 0.2) is 0 Å². The molecule has 0 aliphatic heterocycles. The third kappa shape index (κ3) is 5.74. The van der Waals surface area contributed by atoms with E-state index in [-0.39, 0.29) is 6.10 Å². The minimum absolute atomic E-state index is 0.326. The van der Waals surface area contributed by atoms with Crippen LogP contribution in [0, 0.1) is 10.5 Å². The number of fused-ring (bicyclic) bond motifs is 1. The van der Waals surface area contributed by atoms with Crippen LogP contribution >= 0.6 is 34.8 Å². The van der Waals surface area contributed by atoms with Crippen LogP contribution in [-0.4, -0.2) is 48.2 Å². The Morgan fingerprint density at radius 2 is 2.04 bits per heavy atom. The Bertz CT molecular complexity index is 886. The number of aryl methyl sites for hydroxylation is 1. The molecule has 0 amide bonds. The van der Waals surface area contributed by atoms with Crippen LogP contribution in [0.3, 0.4) is 0 Å². The van der Waals surface area contributed by atoms with Crippen LogP contribution in [0.15, 0.2) is 29.6 Å². The Kier molecular flexibility index (Phi) is 7.97. The zero-order chi connectivity index (χ0) is 20.9. The molecule has 1 aromatic heterocycles. The van der Waals surface area contributed by atoms with Crippen molar-refractivity contribution in [3.8, 4) is 5.75 Å². The summed E-state index contributed by atoms with van der Waals surface area (Å²) in [5, 5.41) is 8.41. The van der Waals surface area contributed by atoms with Gasteiger partial charge in [0.05, 0.1) is 17.7 Å². The molecule has 1 N–H and O–H groups in total. The largest absolute Gasteiger partial charge is 0.484 e. The van der Waals surface area contributed by atoms with Gasteiger partial charge in [0, 0.05) is 22.3 Å². The molecule has 0 aliphatic rings. The molecule has 28 heavy (non-hydrogen) atoms. The lowest BCUT2D eigenvalue weighted by Crippen LogP contribution is -2.53. The Labute approximate surface area is 185 Å². The van der Waals surface area contributed by atoms with Crippen LogP contribution in [0.5, 0.6) is 5.75 Å². The molecule has 0 radical (unpaired) electrons. The molecule has 0 fully saturated rings. The highest BCUT2D eigenvalue weighted by Gasteiger charge is 2.28. The number of nitrogens with one attached hydrogen (secondary N) is 1. The summed E-state index contributed by atoms with van der Waals surface area (Å²) in [7, 11) is 3.12. The van der Waals surface area contributed by atoms with E-state index < -0.39 is 5.54 Å². The lowest BCUT2D eigenvalue weighted by molar-refractivity contribution is 0.194. The Morgan fingerprint density at radius 1 is 1.32 bits per heavy atom. The summed E-state index contributed by atoms with van der Waals surface area (Å²) in [4.78, 5) is 10.0. The molecule has 0 aliphatic carbocycles. The van der Waals surface area contributed by atoms with Crippen molar-refractivity contribution >= 4 is 56.4 Å². The van der Waals surface area contributed by atoms with Crippen molar-refractivity contribution in [2.24, 2.45) is 5.16 Å². The molecular formula is C20H26IN3O3S. The number of oxime groups is 1. The van der Waals surface area contributed by atoms with Crippen LogP contribution in [0.2, 0.25) is 0 Å². The van der Waals surface area contributed by atoms with Gasteiger partial charge in [0.1, 0.15) is 29.7 Å². The molecule has 2 aromatic rings. The number of hydrogen-bond acceptors (Lipinski definition) is 6. The molecule has 0 bridgehead atoms. The van der Waals surface area contributed by atoms with E-state index in [1.807, 2.05) is 46.0 Å². The van der Waals surface area contributed by atoms with Gasteiger partial charge in [-0.1, -0.05) is 17.4 Å². The van der Waals surface area contributed by atoms with Crippen molar-refractivity contribution in [1.29, 1.82) is 0 Å². The average Bonchev–Trinajstić information content (AvgIpc) is 2.60. The average molecular weight is 515 g/mol. The van der Waals surface area contributed by atoms with Crippen molar-refractivity contribution in [2.75, 3.05) is 20.8 Å². The van der Waals surface area contributed by atoms with Crippen LogP contribution in [0.1, 0.15) is 26.3 Å². The van der Waals surface area contributed by atoms with E-state index in [9.17, 15) is 0 Å². The molecule has 6 nitrogen and oxygen atoms in total. The fourth-order valence-electron chi connectivity index (χ4n) is 2.75. The number of nitrogens with zero attached hydrogens (tertiary/aromatic N) is 2. The minimum Gasteiger partial charge on any atom is -0.484 e. The summed E-state index contributed by atoms with van der Waals surface area (Å²) in [6.45, 7) is 8.22. The lowest BCUT2D eigenvalue weighted by Gasteiger charge is -2.30. The monoisotopic (exact) mass is 515 g/mol. The standard InChI is InChI=1S/C20H26IN3O3S/c1-12-7-16(9-14-8-15(21)10-22-18(12)14)27-13(2)19(28)23-20(3,4)17(11-25-5)24-26-6/h7-10,13H,11H2,1-6H3,(H,23,28). The van der Waals surface area contributed by atoms with Crippen LogP contribution in [0.4, 0.5) is 0 Å². The number of hydrogen-bond donors (Lipinski definition) is 1. The summed E-state index contributed by atoms with van der Waals surface area (Å²) < 4.78 is 12.4. The van der Waals surface area contributed by atoms with Gasteiger partial charge in [-0.25, -0.2) is 0 Å². The van der Waals surface area contributed by atoms with Crippen LogP contribution in [-0.2, 0) is 9.57 Å². The zero-order valence-corrected chi connectivity index (χ0v) is 20.0. The number of rotatable bonds is 8. The first-order valence-corrected chi connectivity index (χ1v) is 10.3. The van der Waals surface area contributed by atoms with Gasteiger partial charge < -0.3 is 19.6 Å². The molecule has 1 unspecified atom stereocenters. The van der Waals surface area contributed by atoms with Crippen LogP contribution < -0.4 is 10.1 Å². The van der Waals surface area contributed by atoms with Crippen molar-refractivity contribution in [3.05, 3.63) is 33.5 Å². The van der Waals surface area contributed by atoms with Crippen molar-refractivity contribution in [3.63, 3.8) is 0 Å². The quantitative estimate of drug-likeness (QED) is 0.245. The number of benzene rings is 1. The number of ether oxygens (including phenoxy) is 2. The van der Waals surface area contributed by atoms with Crippen molar-refractivity contribution in [1.82, 2.24) is 10.3 Å². The van der Waals surface area contributed by atoms with Crippen molar-refractivity contribution < 1.29 is 14.3 Å². The predicted octanol–water partition coefficient (Wildman–Crippen LogP) is 4.26. The van der Waals surface area contributed by atoms with E-state index in [2.05, 4.69) is 44.1 Å². The number of methoxy groups -OCH3 is 1. The number of halogens is 1. The van der Waals surface area contributed by atoms with Gasteiger partial charge in [0.2, 0.25) is 0 Å². The highest BCUT2D eigenvalue weighted by Crippen LogP contribution is 2.25. The molecule has 1 atom stereocenters. The number of pyridine rings is 1. The van der Waals surface area contributed by atoms with E-state index in [0.29, 0.717) is 17.3 Å². The second-order valence-corrected chi connectivity index (χ2v) is 8.68.